The van der Waals surface area contributed by atoms with Gasteiger partial charge in [0.25, 0.3) is 0 Å². The maximum Gasteiger partial charge on any atom is 0.142 e. The minimum atomic E-state index is -1.23. The van der Waals surface area contributed by atoms with Crippen LogP contribution in [0.5, 0.6) is 0 Å². The van der Waals surface area contributed by atoms with Crippen LogP contribution >= 0.6 is 0 Å². The van der Waals surface area contributed by atoms with Crippen molar-refractivity contribution < 1.29 is 0 Å². The van der Waals surface area contributed by atoms with E-state index >= 15 is 0 Å². The van der Waals surface area contributed by atoms with E-state index in [4.69, 9.17) is 9.97 Å². The number of nitrogens with one attached hydrogen (secondary N) is 2. The van der Waals surface area contributed by atoms with Crippen molar-refractivity contribution in [1.82, 2.24) is 19.9 Å². The molecular formula is C50H32N8. The average molecular weight is 745 g/mol. The molecule has 4 aromatic carbocycles. The molecule has 0 amide bonds. The molecular weight excluding hydrogens is 713 g/mol. The Morgan fingerprint density at radius 3 is 0.983 bits per heavy atom. The van der Waals surface area contributed by atoms with Gasteiger partial charge in [-0.2, -0.15) is 21.0 Å². The van der Waals surface area contributed by atoms with Crippen molar-refractivity contribution >= 4 is 35.3 Å². The second kappa shape index (κ2) is 15.1. The molecule has 6 aromatic rings. The molecule has 3 aliphatic heterocycles. The molecule has 2 atom stereocenters. The van der Waals surface area contributed by atoms with Crippen LogP contribution in [0.3, 0.4) is 0 Å². The zero-order valence-corrected chi connectivity index (χ0v) is 31.0. The molecule has 5 heterocycles. The molecule has 0 spiro atoms. The highest BCUT2D eigenvalue weighted by Crippen LogP contribution is 2.52. The third-order valence-electron chi connectivity index (χ3n) is 10.9. The first-order valence-electron chi connectivity index (χ1n) is 18.9. The van der Waals surface area contributed by atoms with Crippen LogP contribution in [0.25, 0.3) is 79.8 Å². The van der Waals surface area contributed by atoms with Crippen LogP contribution in [0, 0.1) is 57.2 Å². The van der Waals surface area contributed by atoms with Gasteiger partial charge in [0.2, 0.25) is 0 Å². The monoisotopic (exact) mass is 744 g/mol. The fourth-order valence-corrected chi connectivity index (χ4v) is 8.41. The number of H-pyrrole nitrogens is 2. The van der Waals surface area contributed by atoms with Gasteiger partial charge in [0.1, 0.15) is 11.8 Å². The normalized spacial score (nSPS) is 14.7. The molecule has 8 bridgehead atoms. The fraction of sp³-hybridized carbons (Fsp3) is 0.0800. The van der Waals surface area contributed by atoms with E-state index in [1.54, 1.807) is 0 Å². The quantitative estimate of drug-likeness (QED) is 0.173. The van der Waals surface area contributed by atoms with Crippen molar-refractivity contribution in [1.29, 1.82) is 21.0 Å². The third-order valence-corrected chi connectivity index (χ3v) is 10.9. The highest BCUT2D eigenvalue weighted by Gasteiger charge is 2.45. The van der Waals surface area contributed by atoms with Gasteiger partial charge >= 0.3 is 0 Å². The Morgan fingerprint density at radius 1 is 0.379 bits per heavy atom. The number of hydrogen-bond donors (Lipinski definition) is 2. The van der Waals surface area contributed by atoms with Gasteiger partial charge in [-0.1, -0.05) is 121 Å². The lowest BCUT2D eigenvalue weighted by Crippen LogP contribution is -2.21. The van der Waals surface area contributed by atoms with Crippen LogP contribution < -0.4 is 0 Å². The Balaban J connectivity index is 1.56. The van der Waals surface area contributed by atoms with E-state index in [2.05, 4.69) is 70.6 Å². The molecule has 58 heavy (non-hydrogen) atoms. The van der Waals surface area contributed by atoms with E-state index in [1.807, 2.05) is 121 Å². The SMILES string of the molecule is N#CC(C#N)C1c2[nH]c(c(-c3ccccc3)c3nc(c(-c4ccccc4)c4ccc([nH]4)c(-c4ccccc4)c4nc(c2-c2ccccc2)C=C4)C=C3)C1C(C#N)C#N. The van der Waals surface area contributed by atoms with Gasteiger partial charge in [-0.15, -0.1) is 0 Å². The number of rotatable bonds is 6. The molecule has 2 unspecified atom stereocenters. The van der Waals surface area contributed by atoms with Gasteiger partial charge in [-0.05, 0) is 58.7 Å². The summed E-state index contributed by atoms with van der Waals surface area (Å²) in [6.45, 7) is 0. The molecule has 0 fully saturated rings. The number of aromatic amines is 2. The molecule has 0 saturated carbocycles. The van der Waals surface area contributed by atoms with E-state index in [0.717, 1.165) is 44.4 Å². The van der Waals surface area contributed by atoms with Gasteiger partial charge in [-0.3, -0.25) is 0 Å². The number of nitrogens with zero attached hydrogens (tertiary/aromatic N) is 6. The lowest BCUT2D eigenvalue weighted by Gasteiger charge is -2.24. The van der Waals surface area contributed by atoms with E-state index in [-0.39, 0.29) is 0 Å². The van der Waals surface area contributed by atoms with Crippen LogP contribution in [0.4, 0.5) is 0 Å². The maximum absolute atomic E-state index is 10.6. The molecule has 0 radical (unpaired) electrons. The van der Waals surface area contributed by atoms with Crippen LogP contribution in [-0.4, -0.2) is 19.9 Å². The Morgan fingerprint density at radius 2 is 0.672 bits per heavy atom. The Kier molecular flexibility index (Phi) is 9.21. The van der Waals surface area contributed by atoms with E-state index in [1.165, 1.54) is 0 Å². The van der Waals surface area contributed by atoms with E-state index < -0.39 is 23.7 Å². The summed E-state index contributed by atoms with van der Waals surface area (Å²) in [5.41, 5.74) is 12.0. The highest BCUT2D eigenvalue weighted by atomic mass is 14.8. The lowest BCUT2D eigenvalue weighted by atomic mass is 9.72. The first-order chi connectivity index (χ1) is 28.6. The summed E-state index contributed by atoms with van der Waals surface area (Å²) in [6.07, 6.45) is 7.88. The number of benzene rings is 4. The third kappa shape index (κ3) is 6.09. The minimum absolute atomic E-state index is 0.534. The van der Waals surface area contributed by atoms with Gasteiger partial charge in [-0.25, -0.2) is 9.97 Å². The molecule has 0 saturated heterocycles. The first kappa shape index (κ1) is 35.4. The highest BCUT2D eigenvalue weighted by molar-refractivity contribution is 5.97. The van der Waals surface area contributed by atoms with Crippen LogP contribution in [0.2, 0.25) is 0 Å². The Bertz CT molecular complexity index is 2770. The summed E-state index contributed by atoms with van der Waals surface area (Å²) in [7, 11) is 0. The van der Waals surface area contributed by atoms with Gasteiger partial charge in [0.05, 0.1) is 47.1 Å². The maximum atomic E-state index is 10.6. The second-order valence-electron chi connectivity index (χ2n) is 14.2. The lowest BCUT2D eigenvalue weighted by molar-refractivity contribution is 0.473. The van der Waals surface area contributed by atoms with E-state index in [9.17, 15) is 21.0 Å². The van der Waals surface area contributed by atoms with Crippen LogP contribution in [0.15, 0.2) is 133 Å². The number of nitriles is 4. The van der Waals surface area contributed by atoms with Crippen LogP contribution in [-0.2, 0) is 0 Å². The predicted molar refractivity (Wildman–Crippen MR) is 227 cm³/mol. The van der Waals surface area contributed by atoms with Crippen molar-refractivity contribution in [3.05, 3.63) is 168 Å². The van der Waals surface area contributed by atoms with Crippen molar-refractivity contribution in [3.63, 3.8) is 0 Å². The zero-order valence-electron chi connectivity index (χ0n) is 31.0. The summed E-state index contributed by atoms with van der Waals surface area (Å²) >= 11 is 0. The fourth-order valence-electron chi connectivity index (χ4n) is 8.41. The standard InChI is InChI=1S/C50H32N8/c51-27-35(28-52)47-48(36(29-53)30-54)50-46(34-19-11-4-12-20-34)42-26-24-40(57-42)44(32-15-7-2-8-16-32)38-22-21-37(55-38)43(31-13-5-1-6-14-31)39-23-25-41(56-39)45(49(47)58-50)33-17-9-3-10-18-33/h1-26,35-36,47-48,55,58H. The van der Waals surface area contributed by atoms with Gasteiger partial charge < -0.3 is 9.97 Å². The molecule has 8 nitrogen and oxygen atoms in total. The predicted octanol–water partition coefficient (Wildman–Crippen LogP) is 11.2. The smallest absolute Gasteiger partial charge is 0.142 e. The molecule has 272 valence electrons. The van der Waals surface area contributed by atoms with Gasteiger partial charge in [0.15, 0.2) is 0 Å². The molecule has 0 aliphatic carbocycles. The topological polar surface area (TPSA) is 153 Å². The number of aromatic nitrogens is 4. The minimum Gasteiger partial charge on any atom is -0.360 e. The molecule has 2 N–H and O–H groups in total. The molecule has 3 aliphatic rings. The largest absolute Gasteiger partial charge is 0.360 e. The Hall–Kier alpha value is -8.30. The van der Waals surface area contributed by atoms with Crippen LogP contribution in [0.1, 0.15) is 46.0 Å². The number of fused-ring (bicyclic) bond motifs is 8. The van der Waals surface area contributed by atoms with Gasteiger partial charge in [0, 0.05) is 56.5 Å². The first-order valence-corrected chi connectivity index (χ1v) is 18.9. The van der Waals surface area contributed by atoms with Crippen molar-refractivity contribution in [2.24, 2.45) is 11.8 Å². The second-order valence-corrected chi connectivity index (χ2v) is 14.2. The van der Waals surface area contributed by atoms with Crippen molar-refractivity contribution in [2.75, 3.05) is 0 Å². The molecule has 2 aromatic heterocycles. The summed E-state index contributed by atoms with van der Waals surface area (Å²) < 4.78 is 0. The summed E-state index contributed by atoms with van der Waals surface area (Å²) in [4.78, 5) is 18.1. The van der Waals surface area contributed by atoms with E-state index in [0.29, 0.717) is 45.3 Å². The van der Waals surface area contributed by atoms with Crippen molar-refractivity contribution in [3.8, 4) is 68.8 Å². The van der Waals surface area contributed by atoms with Crippen molar-refractivity contribution in [2.45, 2.75) is 11.8 Å². The Labute approximate surface area is 335 Å². The number of hydrogen-bond acceptors (Lipinski definition) is 6. The summed E-state index contributed by atoms with van der Waals surface area (Å²) in [5, 5.41) is 42.6. The average Bonchev–Trinajstić information content (AvgIpc) is 4.11. The zero-order chi connectivity index (χ0) is 39.6. The summed E-state index contributed by atoms with van der Waals surface area (Å²) in [5.74, 6) is -4.29. The summed E-state index contributed by atoms with van der Waals surface area (Å²) in [6, 6.07) is 52.7. The molecule has 8 heteroatoms. The molecule has 9 rings (SSSR count).